The highest BCUT2D eigenvalue weighted by Crippen LogP contribution is 2.17. The van der Waals surface area contributed by atoms with Gasteiger partial charge in [0.2, 0.25) is 0 Å². The van der Waals surface area contributed by atoms with Gasteiger partial charge in [-0.2, -0.15) is 11.1 Å². The minimum atomic E-state index is -1.43. The van der Waals surface area contributed by atoms with E-state index in [-0.39, 0.29) is 5.97 Å². The molecule has 0 aromatic heterocycles. The molecule has 2 nitrogen and oxygen atoms in total. The van der Waals surface area contributed by atoms with Crippen molar-refractivity contribution in [1.82, 2.24) is 0 Å². The highest BCUT2D eigenvalue weighted by Gasteiger charge is 2.15. The Balaban J connectivity index is 3.35. The van der Waals surface area contributed by atoms with Crippen molar-refractivity contribution in [2.75, 3.05) is 6.61 Å². The summed E-state index contributed by atoms with van der Waals surface area (Å²) in [6, 6.07) is 1.08. The fourth-order valence-electron chi connectivity index (χ4n) is 1.00. The zero-order chi connectivity index (χ0) is 11.0. The zero-order valence-corrected chi connectivity index (χ0v) is 10.9. The van der Waals surface area contributed by atoms with Gasteiger partial charge in [-0.3, -0.25) is 0 Å². The number of allylic oxidation sites excluding steroid dienone is 1. The second-order valence-corrected chi connectivity index (χ2v) is 10.9. The van der Waals surface area contributed by atoms with Gasteiger partial charge < -0.3 is 4.74 Å². The standard InChI is InChI=1S/C10H19ClO2Si/c1-4-7-10(12)13-8-5-6-9-14(2,3)11/h4,7H,5-6,8-9H2,1-3H3. The summed E-state index contributed by atoms with van der Waals surface area (Å²) in [5.41, 5.74) is 0. The Labute approximate surface area is 92.0 Å². The zero-order valence-electron chi connectivity index (χ0n) is 9.18. The molecule has 0 aromatic rings. The van der Waals surface area contributed by atoms with Crippen LogP contribution in [0.1, 0.15) is 19.8 Å². The van der Waals surface area contributed by atoms with E-state index in [4.69, 9.17) is 15.8 Å². The van der Waals surface area contributed by atoms with Crippen LogP contribution in [0, 0.1) is 0 Å². The average Bonchev–Trinajstić information content (AvgIpc) is 2.02. The molecule has 0 unspecified atom stereocenters. The molecule has 0 rings (SSSR count). The molecule has 0 saturated carbocycles. The van der Waals surface area contributed by atoms with Crippen molar-refractivity contribution in [1.29, 1.82) is 0 Å². The first kappa shape index (κ1) is 13.7. The monoisotopic (exact) mass is 234 g/mol. The van der Waals surface area contributed by atoms with Crippen LogP contribution in [0.5, 0.6) is 0 Å². The molecule has 0 saturated heterocycles. The van der Waals surface area contributed by atoms with E-state index in [1.54, 1.807) is 13.0 Å². The summed E-state index contributed by atoms with van der Waals surface area (Å²) >= 11 is 6.14. The molecule has 4 heteroatoms. The summed E-state index contributed by atoms with van der Waals surface area (Å²) < 4.78 is 4.94. The van der Waals surface area contributed by atoms with Crippen molar-refractivity contribution in [2.45, 2.75) is 38.9 Å². The van der Waals surface area contributed by atoms with Gasteiger partial charge in [-0.05, 0) is 19.4 Å². The third-order valence-electron chi connectivity index (χ3n) is 1.71. The highest BCUT2D eigenvalue weighted by molar-refractivity contribution is 7.19. The number of carbonyl (C=O) groups excluding carboxylic acids is 1. The van der Waals surface area contributed by atoms with Gasteiger partial charge in [-0.15, -0.1) is 0 Å². The van der Waals surface area contributed by atoms with E-state index in [1.165, 1.54) is 6.08 Å². The number of halogens is 1. The van der Waals surface area contributed by atoms with Crippen LogP contribution in [-0.4, -0.2) is 20.0 Å². The topological polar surface area (TPSA) is 26.3 Å². The van der Waals surface area contributed by atoms with Crippen LogP contribution in [-0.2, 0) is 9.53 Å². The van der Waals surface area contributed by atoms with Crippen molar-refractivity contribution in [2.24, 2.45) is 0 Å². The smallest absolute Gasteiger partial charge is 0.330 e. The molecule has 0 heterocycles. The Morgan fingerprint density at radius 3 is 2.57 bits per heavy atom. The first-order valence-electron chi connectivity index (χ1n) is 4.94. The van der Waals surface area contributed by atoms with Gasteiger partial charge in [0.05, 0.1) is 6.61 Å². The van der Waals surface area contributed by atoms with Crippen LogP contribution in [0.3, 0.4) is 0 Å². The normalized spacial score (nSPS) is 12.0. The Kier molecular flexibility index (Phi) is 6.92. The Morgan fingerprint density at radius 2 is 2.07 bits per heavy atom. The maximum absolute atomic E-state index is 10.9. The van der Waals surface area contributed by atoms with E-state index in [0.717, 1.165) is 18.9 Å². The summed E-state index contributed by atoms with van der Waals surface area (Å²) in [4.78, 5) is 10.9. The summed E-state index contributed by atoms with van der Waals surface area (Å²) in [6.45, 7) is 6.55. The lowest BCUT2D eigenvalue weighted by atomic mass is 10.3. The largest absolute Gasteiger partial charge is 0.463 e. The molecule has 0 aliphatic heterocycles. The van der Waals surface area contributed by atoms with Gasteiger partial charge in [-0.25, -0.2) is 4.79 Å². The summed E-state index contributed by atoms with van der Waals surface area (Å²) in [5, 5.41) is 0. The van der Waals surface area contributed by atoms with Crippen molar-refractivity contribution in [3.63, 3.8) is 0 Å². The molecule has 0 spiro atoms. The van der Waals surface area contributed by atoms with Gasteiger partial charge in [0.1, 0.15) is 7.38 Å². The van der Waals surface area contributed by atoms with Gasteiger partial charge >= 0.3 is 5.97 Å². The summed E-state index contributed by atoms with van der Waals surface area (Å²) in [5.74, 6) is -0.255. The van der Waals surface area contributed by atoms with Crippen molar-refractivity contribution >= 4 is 24.4 Å². The van der Waals surface area contributed by atoms with Gasteiger partial charge in [0.15, 0.2) is 0 Å². The van der Waals surface area contributed by atoms with E-state index in [0.29, 0.717) is 6.61 Å². The second kappa shape index (κ2) is 7.07. The first-order chi connectivity index (χ1) is 6.45. The third-order valence-corrected chi connectivity index (χ3v) is 3.82. The minimum absolute atomic E-state index is 0.255. The number of ether oxygens (including phenoxy) is 1. The number of unbranched alkanes of at least 4 members (excludes halogenated alkanes) is 1. The van der Waals surface area contributed by atoms with E-state index in [1.807, 2.05) is 0 Å². The lowest BCUT2D eigenvalue weighted by Gasteiger charge is -2.11. The molecular formula is C10H19ClO2Si. The fraction of sp³-hybridized carbons (Fsp3) is 0.700. The van der Waals surface area contributed by atoms with Crippen molar-refractivity contribution < 1.29 is 9.53 Å². The van der Waals surface area contributed by atoms with Gasteiger partial charge in [-0.1, -0.05) is 25.6 Å². The lowest BCUT2D eigenvalue weighted by molar-refractivity contribution is -0.137. The molecular weight excluding hydrogens is 216 g/mol. The van der Waals surface area contributed by atoms with Gasteiger partial charge in [0, 0.05) is 6.08 Å². The molecule has 0 fully saturated rings. The van der Waals surface area contributed by atoms with E-state index in [2.05, 4.69) is 13.1 Å². The minimum Gasteiger partial charge on any atom is -0.463 e. The molecule has 0 aliphatic carbocycles. The van der Waals surface area contributed by atoms with E-state index < -0.39 is 7.38 Å². The lowest BCUT2D eigenvalue weighted by Crippen LogP contribution is -2.15. The Hall–Kier alpha value is -0.283. The third kappa shape index (κ3) is 9.80. The van der Waals surface area contributed by atoms with Crippen LogP contribution >= 0.6 is 11.1 Å². The molecule has 0 N–H and O–H groups in total. The highest BCUT2D eigenvalue weighted by atomic mass is 35.6. The second-order valence-electron chi connectivity index (χ2n) is 3.84. The predicted octanol–water partition coefficient (Wildman–Crippen LogP) is 3.33. The average molecular weight is 235 g/mol. The first-order valence-corrected chi connectivity index (χ1v) is 9.16. The number of hydrogen-bond acceptors (Lipinski definition) is 2. The number of hydrogen-bond donors (Lipinski definition) is 0. The molecule has 0 aliphatic rings. The van der Waals surface area contributed by atoms with E-state index in [9.17, 15) is 4.79 Å². The molecule has 0 amide bonds. The fourth-order valence-corrected chi connectivity index (χ4v) is 2.50. The van der Waals surface area contributed by atoms with Crippen LogP contribution in [0.2, 0.25) is 19.1 Å². The van der Waals surface area contributed by atoms with Crippen LogP contribution in [0.4, 0.5) is 0 Å². The Morgan fingerprint density at radius 1 is 1.43 bits per heavy atom. The summed E-state index contributed by atoms with van der Waals surface area (Å²) in [7, 11) is -1.43. The SMILES string of the molecule is CC=CC(=O)OCCCC[Si](C)(C)Cl. The van der Waals surface area contributed by atoms with Crippen LogP contribution in [0.15, 0.2) is 12.2 Å². The van der Waals surface area contributed by atoms with Crippen molar-refractivity contribution in [3.05, 3.63) is 12.2 Å². The van der Waals surface area contributed by atoms with Crippen molar-refractivity contribution in [3.8, 4) is 0 Å². The van der Waals surface area contributed by atoms with Crippen LogP contribution in [0.25, 0.3) is 0 Å². The molecule has 0 radical (unpaired) electrons. The quantitative estimate of drug-likeness (QED) is 0.232. The molecule has 82 valence electrons. The number of esters is 1. The number of carbonyl (C=O) groups is 1. The predicted molar refractivity (Wildman–Crippen MR) is 63.1 cm³/mol. The summed E-state index contributed by atoms with van der Waals surface area (Å²) in [6.07, 6.45) is 5.07. The molecule has 0 atom stereocenters. The maximum atomic E-state index is 10.9. The van der Waals surface area contributed by atoms with Crippen LogP contribution < -0.4 is 0 Å². The maximum Gasteiger partial charge on any atom is 0.330 e. The van der Waals surface area contributed by atoms with E-state index >= 15 is 0 Å². The number of rotatable bonds is 6. The van der Waals surface area contributed by atoms with Gasteiger partial charge in [0.25, 0.3) is 0 Å². The molecule has 0 aromatic carbocycles. The molecule has 0 bridgehead atoms. The Bertz CT molecular complexity index is 197. The molecule has 14 heavy (non-hydrogen) atoms.